The molecule has 62 valence electrons. The first-order valence-electron chi connectivity index (χ1n) is 3.65. The first kappa shape index (κ1) is 9.20. The lowest BCUT2D eigenvalue weighted by Gasteiger charge is -1.98. The number of carbonyl (C=O) groups is 1. The summed E-state index contributed by atoms with van der Waals surface area (Å²) < 4.78 is 1.02. The third-order valence-corrected chi connectivity index (χ3v) is 2.14. The summed E-state index contributed by atoms with van der Waals surface area (Å²) in [6, 6.07) is 7.66. The van der Waals surface area contributed by atoms with E-state index in [9.17, 15) is 4.79 Å². The Balaban J connectivity index is 3.04. The Kier molecular flexibility index (Phi) is 3.23. The van der Waals surface area contributed by atoms with Crippen molar-refractivity contribution in [3.63, 3.8) is 0 Å². The van der Waals surface area contributed by atoms with Crippen LogP contribution in [-0.2, 0) is 4.79 Å². The largest absolute Gasteiger partial charge is 0.298 e. The van der Waals surface area contributed by atoms with Crippen LogP contribution in [0.2, 0.25) is 0 Å². The highest BCUT2D eigenvalue weighted by molar-refractivity contribution is 9.10. The summed E-state index contributed by atoms with van der Waals surface area (Å²) in [6.07, 6.45) is 2.67. The van der Waals surface area contributed by atoms with Gasteiger partial charge in [-0.15, -0.1) is 0 Å². The Labute approximate surface area is 80.2 Å². The topological polar surface area (TPSA) is 17.1 Å². The smallest absolute Gasteiger partial charge is 0.150 e. The summed E-state index contributed by atoms with van der Waals surface area (Å²) in [6.45, 7) is 1.85. The molecule has 0 atom stereocenters. The highest BCUT2D eigenvalue weighted by Gasteiger charge is 1.96. The van der Waals surface area contributed by atoms with Crippen molar-refractivity contribution in [2.75, 3.05) is 0 Å². The molecule has 0 unspecified atom stereocenters. The molecule has 0 amide bonds. The fraction of sp³-hybridized carbons (Fsp3) is 0.100. The summed E-state index contributed by atoms with van der Waals surface area (Å²) in [7, 11) is 0. The number of rotatable bonds is 2. The zero-order valence-electron chi connectivity index (χ0n) is 6.75. The van der Waals surface area contributed by atoms with Crippen molar-refractivity contribution in [2.24, 2.45) is 0 Å². The van der Waals surface area contributed by atoms with E-state index in [1.165, 1.54) is 0 Å². The summed E-state index contributed by atoms with van der Waals surface area (Å²) >= 11 is 3.33. The molecule has 0 aliphatic heterocycles. The number of allylic oxidation sites excluding steroid dienone is 2. The predicted molar refractivity (Wildman–Crippen MR) is 53.9 cm³/mol. The van der Waals surface area contributed by atoms with Crippen molar-refractivity contribution in [2.45, 2.75) is 6.92 Å². The maximum atomic E-state index is 10.5. The molecule has 0 saturated heterocycles. The molecule has 1 aromatic carbocycles. The van der Waals surface area contributed by atoms with Crippen molar-refractivity contribution in [3.05, 3.63) is 40.4 Å². The zero-order chi connectivity index (χ0) is 8.97. The maximum absolute atomic E-state index is 10.5. The molecule has 12 heavy (non-hydrogen) atoms. The molecule has 0 bridgehead atoms. The van der Waals surface area contributed by atoms with Crippen molar-refractivity contribution in [1.82, 2.24) is 0 Å². The Bertz CT molecular complexity index is 298. The molecule has 0 radical (unpaired) electrons. The lowest BCUT2D eigenvalue weighted by atomic mass is 10.1. The minimum atomic E-state index is 0.725. The first-order chi connectivity index (χ1) is 5.77. The summed E-state index contributed by atoms with van der Waals surface area (Å²) in [5, 5.41) is 0. The molecular formula is C10H9BrO. The van der Waals surface area contributed by atoms with Crippen LogP contribution >= 0.6 is 15.9 Å². The fourth-order valence-electron chi connectivity index (χ4n) is 0.945. The lowest BCUT2D eigenvalue weighted by Crippen LogP contribution is -1.83. The summed E-state index contributed by atoms with van der Waals surface area (Å²) in [4.78, 5) is 10.5. The van der Waals surface area contributed by atoms with Crippen molar-refractivity contribution in [3.8, 4) is 0 Å². The van der Waals surface area contributed by atoms with Gasteiger partial charge in [0.25, 0.3) is 0 Å². The second kappa shape index (κ2) is 4.21. The van der Waals surface area contributed by atoms with E-state index in [0.717, 1.165) is 21.9 Å². The molecule has 1 aromatic rings. The van der Waals surface area contributed by atoms with Gasteiger partial charge < -0.3 is 0 Å². The van der Waals surface area contributed by atoms with Crippen molar-refractivity contribution in [1.29, 1.82) is 0 Å². The average Bonchev–Trinajstić information content (AvgIpc) is 2.10. The van der Waals surface area contributed by atoms with Gasteiger partial charge in [0, 0.05) is 10.0 Å². The molecule has 0 aliphatic rings. The minimum Gasteiger partial charge on any atom is -0.298 e. The fourth-order valence-corrected chi connectivity index (χ4v) is 1.21. The number of hydrogen-bond donors (Lipinski definition) is 0. The van der Waals surface area contributed by atoms with Crippen molar-refractivity contribution >= 4 is 27.8 Å². The SMILES string of the molecule is CC=C(C=O)c1ccc(Br)cc1. The van der Waals surface area contributed by atoms with E-state index in [4.69, 9.17) is 0 Å². The number of aldehydes is 1. The van der Waals surface area contributed by atoms with Gasteiger partial charge in [-0.2, -0.15) is 0 Å². The van der Waals surface area contributed by atoms with Crippen LogP contribution in [-0.4, -0.2) is 6.29 Å². The highest BCUT2D eigenvalue weighted by Crippen LogP contribution is 2.15. The quantitative estimate of drug-likeness (QED) is 0.558. The number of benzene rings is 1. The molecule has 0 aromatic heterocycles. The van der Waals surface area contributed by atoms with E-state index in [1.807, 2.05) is 31.2 Å². The minimum absolute atomic E-state index is 0.725. The van der Waals surface area contributed by atoms with E-state index in [0.29, 0.717) is 0 Å². The number of halogens is 1. The Morgan fingerprint density at radius 3 is 2.33 bits per heavy atom. The molecule has 0 N–H and O–H groups in total. The standard InChI is InChI=1S/C10H9BrO/c1-2-8(7-12)9-3-5-10(11)6-4-9/h2-7H,1H3. The van der Waals surface area contributed by atoms with Crippen LogP contribution in [0.3, 0.4) is 0 Å². The molecule has 1 rings (SSSR count). The van der Waals surface area contributed by atoms with Gasteiger partial charge in [0.15, 0.2) is 0 Å². The Hall–Kier alpha value is -0.890. The lowest BCUT2D eigenvalue weighted by molar-refractivity contribution is -0.103. The molecule has 0 saturated carbocycles. The van der Waals surface area contributed by atoms with E-state index >= 15 is 0 Å². The molecule has 0 aliphatic carbocycles. The Morgan fingerprint density at radius 1 is 1.33 bits per heavy atom. The second-order valence-electron chi connectivity index (χ2n) is 2.37. The van der Waals surface area contributed by atoms with Gasteiger partial charge in [0.2, 0.25) is 0 Å². The predicted octanol–water partition coefficient (Wildman–Crippen LogP) is 3.05. The maximum Gasteiger partial charge on any atom is 0.150 e. The van der Waals surface area contributed by atoms with Crippen LogP contribution in [0.1, 0.15) is 12.5 Å². The van der Waals surface area contributed by atoms with E-state index in [2.05, 4.69) is 15.9 Å². The van der Waals surface area contributed by atoms with Crippen LogP contribution in [0.25, 0.3) is 5.57 Å². The zero-order valence-corrected chi connectivity index (χ0v) is 8.34. The molecule has 1 nitrogen and oxygen atoms in total. The molecule has 0 fully saturated rings. The van der Waals surface area contributed by atoms with Crippen LogP contribution in [0.4, 0.5) is 0 Å². The van der Waals surface area contributed by atoms with Gasteiger partial charge in [0.1, 0.15) is 6.29 Å². The molecule has 0 spiro atoms. The summed E-state index contributed by atoms with van der Waals surface area (Å²) in [5.74, 6) is 0. The van der Waals surface area contributed by atoms with Crippen LogP contribution in [0.5, 0.6) is 0 Å². The van der Waals surface area contributed by atoms with Crippen LogP contribution in [0.15, 0.2) is 34.8 Å². The van der Waals surface area contributed by atoms with Crippen molar-refractivity contribution < 1.29 is 4.79 Å². The monoisotopic (exact) mass is 224 g/mol. The molecular weight excluding hydrogens is 216 g/mol. The number of hydrogen-bond acceptors (Lipinski definition) is 1. The molecule has 0 heterocycles. The second-order valence-corrected chi connectivity index (χ2v) is 3.28. The van der Waals surface area contributed by atoms with Crippen LogP contribution < -0.4 is 0 Å². The van der Waals surface area contributed by atoms with E-state index in [1.54, 1.807) is 6.08 Å². The van der Waals surface area contributed by atoms with Crippen LogP contribution in [0, 0.1) is 0 Å². The Morgan fingerprint density at radius 2 is 1.92 bits per heavy atom. The van der Waals surface area contributed by atoms with E-state index in [-0.39, 0.29) is 0 Å². The third-order valence-electron chi connectivity index (χ3n) is 1.62. The van der Waals surface area contributed by atoms with Gasteiger partial charge in [-0.25, -0.2) is 0 Å². The number of carbonyl (C=O) groups excluding carboxylic acids is 1. The average molecular weight is 225 g/mol. The van der Waals surface area contributed by atoms with Gasteiger partial charge in [-0.3, -0.25) is 4.79 Å². The van der Waals surface area contributed by atoms with Gasteiger partial charge in [0.05, 0.1) is 0 Å². The third kappa shape index (κ3) is 2.05. The van der Waals surface area contributed by atoms with Gasteiger partial charge in [-0.1, -0.05) is 34.1 Å². The normalized spacial score (nSPS) is 11.3. The first-order valence-corrected chi connectivity index (χ1v) is 4.44. The highest BCUT2D eigenvalue weighted by atomic mass is 79.9. The summed E-state index contributed by atoms with van der Waals surface area (Å²) in [5.41, 5.74) is 1.68. The van der Waals surface area contributed by atoms with Gasteiger partial charge in [-0.05, 0) is 24.6 Å². The van der Waals surface area contributed by atoms with Gasteiger partial charge >= 0.3 is 0 Å². The van der Waals surface area contributed by atoms with E-state index < -0.39 is 0 Å². The molecule has 2 heteroatoms.